The quantitative estimate of drug-likeness (QED) is 0.802. The summed E-state index contributed by atoms with van der Waals surface area (Å²) in [6, 6.07) is 9.96. The van der Waals surface area contributed by atoms with Gasteiger partial charge < -0.3 is 10.3 Å². The smallest absolute Gasteiger partial charge is 0.272 e. The molecule has 1 heterocycles. The van der Waals surface area contributed by atoms with Crippen LogP contribution in [0.4, 0.5) is 5.69 Å². The van der Waals surface area contributed by atoms with Gasteiger partial charge in [-0.2, -0.15) is 5.26 Å². The Balaban J connectivity index is 2.11. The lowest BCUT2D eigenvalue weighted by atomic mass is 10.2. The average molecular weight is 239 g/mol. The van der Waals surface area contributed by atoms with E-state index in [0.29, 0.717) is 28.8 Å². The maximum absolute atomic E-state index is 11.8. The molecule has 1 amide bonds. The van der Waals surface area contributed by atoms with Gasteiger partial charge in [-0.3, -0.25) is 9.59 Å². The van der Waals surface area contributed by atoms with Gasteiger partial charge in [0, 0.05) is 17.4 Å². The predicted octanol–water partition coefficient (Wildman–Crippen LogP) is 1.95. The van der Waals surface area contributed by atoms with Crippen LogP contribution in [0.1, 0.15) is 26.4 Å². The minimum Gasteiger partial charge on any atom is -0.356 e. The Labute approximate surface area is 103 Å². The van der Waals surface area contributed by atoms with E-state index >= 15 is 0 Å². The van der Waals surface area contributed by atoms with Gasteiger partial charge in [-0.05, 0) is 30.3 Å². The summed E-state index contributed by atoms with van der Waals surface area (Å²) < 4.78 is 0. The monoisotopic (exact) mass is 239 g/mol. The number of hydrogen-bond donors (Lipinski definition) is 2. The van der Waals surface area contributed by atoms with Crippen LogP contribution in [0.25, 0.3) is 0 Å². The highest BCUT2D eigenvalue weighted by Crippen LogP contribution is 2.10. The Morgan fingerprint density at radius 1 is 1.33 bits per heavy atom. The highest BCUT2D eigenvalue weighted by Gasteiger charge is 2.08. The van der Waals surface area contributed by atoms with Crippen molar-refractivity contribution in [1.82, 2.24) is 4.98 Å². The van der Waals surface area contributed by atoms with E-state index in [0.717, 1.165) is 0 Å². The molecule has 1 aromatic carbocycles. The normalized spacial score (nSPS) is 9.50. The molecular weight excluding hydrogens is 230 g/mol. The zero-order chi connectivity index (χ0) is 13.0. The molecule has 1 aromatic heterocycles. The maximum atomic E-state index is 11.8. The number of carbonyl (C=O) groups excluding carboxylic acids is 2. The molecule has 5 nitrogen and oxygen atoms in total. The zero-order valence-electron chi connectivity index (χ0n) is 9.31. The standard InChI is InChI=1S/C13H9N3O2/c14-6-9-1-3-11(4-2-9)16-13(18)12-5-10(8-17)7-15-12/h1-5,7-8,15H,(H,16,18). The highest BCUT2D eigenvalue weighted by molar-refractivity contribution is 6.03. The minimum absolute atomic E-state index is 0.307. The fourth-order valence-corrected chi connectivity index (χ4v) is 1.44. The van der Waals surface area contributed by atoms with E-state index in [1.807, 2.05) is 6.07 Å². The van der Waals surface area contributed by atoms with Crippen molar-refractivity contribution >= 4 is 17.9 Å². The number of benzene rings is 1. The second-order valence-electron chi connectivity index (χ2n) is 3.61. The van der Waals surface area contributed by atoms with E-state index in [9.17, 15) is 9.59 Å². The van der Waals surface area contributed by atoms with Gasteiger partial charge in [0.25, 0.3) is 5.91 Å². The molecule has 0 radical (unpaired) electrons. The number of nitrogens with one attached hydrogen (secondary N) is 2. The molecule has 0 aliphatic carbocycles. The summed E-state index contributed by atoms with van der Waals surface area (Å²) in [6.07, 6.45) is 2.12. The first-order chi connectivity index (χ1) is 8.72. The van der Waals surface area contributed by atoms with Gasteiger partial charge in [0.1, 0.15) is 5.69 Å². The van der Waals surface area contributed by atoms with Crippen LogP contribution < -0.4 is 5.32 Å². The summed E-state index contributed by atoms with van der Waals surface area (Å²) in [5.41, 5.74) is 1.83. The van der Waals surface area contributed by atoms with Crippen molar-refractivity contribution in [2.75, 3.05) is 5.32 Å². The molecule has 2 aromatic rings. The van der Waals surface area contributed by atoms with Crippen molar-refractivity contribution in [3.8, 4) is 6.07 Å². The molecule has 0 unspecified atom stereocenters. The van der Waals surface area contributed by atoms with E-state index in [1.165, 1.54) is 12.3 Å². The lowest BCUT2D eigenvalue weighted by molar-refractivity contribution is 0.102. The highest BCUT2D eigenvalue weighted by atomic mass is 16.1. The van der Waals surface area contributed by atoms with Crippen LogP contribution in [-0.4, -0.2) is 17.2 Å². The number of anilines is 1. The minimum atomic E-state index is -0.340. The van der Waals surface area contributed by atoms with Crippen LogP contribution in [-0.2, 0) is 0 Å². The number of nitrogens with zero attached hydrogens (tertiary/aromatic N) is 1. The van der Waals surface area contributed by atoms with Gasteiger partial charge in [-0.25, -0.2) is 0 Å². The molecule has 0 fully saturated rings. The lowest BCUT2D eigenvalue weighted by Gasteiger charge is -2.03. The first-order valence-corrected chi connectivity index (χ1v) is 5.18. The van der Waals surface area contributed by atoms with Crippen LogP contribution in [0.5, 0.6) is 0 Å². The fourth-order valence-electron chi connectivity index (χ4n) is 1.44. The summed E-state index contributed by atoms with van der Waals surface area (Å²) in [7, 11) is 0. The van der Waals surface area contributed by atoms with E-state index in [4.69, 9.17) is 5.26 Å². The van der Waals surface area contributed by atoms with Crippen LogP contribution in [0.2, 0.25) is 0 Å². The maximum Gasteiger partial charge on any atom is 0.272 e. The van der Waals surface area contributed by atoms with Crippen LogP contribution in [0.15, 0.2) is 36.5 Å². The van der Waals surface area contributed by atoms with E-state index in [-0.39, 0.29) is 5.91 Å². The Morgan fingerprint density at radius 3 is 2.61 bits per heavy atom. The largest absolute Gasteiger partial charge is 0.356 e. The Hall–Kier alpha value is -2.87. The molecule has 88 valence electrons. The number of rotatable bonds is 3. The van der Waals surface area contributed by atoms with Gasteiger partial charge in [-0.15, -0.1) is 0 Å². The number of carbonyl (C=O) groups is 2. The van der Waals surface area contributed by atoms with E-state index in [2.05, 4.69) is 10.3 Å². The van der Waals surface area contributed by atoms with E-state index < -0.39 is 0 Å². The number of H-pyrrole nitrogens is 1. The second-order valence-corrected chi connectivity index (χ2v) is 3.61. The van der Waals surface area contributed by atoms with Crippen LogP contribution >= 0.6 is 0 Å². The van der Waals surface area contributed by atoms with Crippen LogP contribution in [0, 0.1) is 11.3 Å². The number of aromatic amines is 1. The van der Waals surface area contributed by atoms with Crippen molar-refractivity contribution in [2.45, 2.75) is 0 Å². The third-order valence-corrected chi connectivity index (χ3v) is 2.36. The molecule has 0 aliphatic heterocycles. The van der Waals surface area contributed by atoms with Gasteiger partial charge in [0.15, 0.2) is 6.29 Å². The number of nitriles is 1. The molecule has 5 heteroatoms. The van der Waals surface area contributed by atoms with Gasteiger partial charge in [0.05, 0.1) is 11.6 Å². The fraction of sp³-hybridized carbons (Fsp3) is 0. The SMILES string of the molecule is N#Cc1ccc(NC(=O)c2cc(C=O)c[nH]2)cc1. The zero-order valence-corrected chi connectivity index (χ0v) is 9.31. The molecule has 0 aliphatic rings. The summed E-state index contributed by atoms with van der Waals surface area (Å²) in [6.45, 7) is 0. The summed E-state index contributed by atoms with van der Waals surface area (Å²) in [5, 5.41) is 11.3. The molecule has 0 saturated heterocycles. The predicted molar refractivity (Wildman–Crippen MR) is 65.3 cm³/mol. The lowest BCUT2D eigenvalue weighted by Crippen LogP contribution is -2.12. The topological polar surface area (TPSA) is 85.8 Å². The first-order valence-electron chi connectivity index (χ1n) is 5.18. The van der Waals surface area contributed by atoms with Crippen molar-refractivity contribution in [3.63, 3.8) is 0 Å². The number of hydrogen-bond acceptors (Lipinski definition) is 3. The van der Waals surface area contributed by atoms with Crippen molar-refractivity contribution in [1.29, 1.82) is 5.26 Å². The average Bonchev–Trinajstić information content (AvgIpc) is 2.88. The first kappa shape index (κ1) is 11.6. The number of amides is 1. The Kier molecular flexibility index (Phi) is 3.21. The third-order valence-electron chi connectivity index (χ3n) is 2.36. The third kappa shape index (κ3) is 2.44. The van der Waals surface area contributed by atoms with Gasteiger partial charge in [-0.1, -0.05) is 0 Å². The van der Waals surface area contributed by atoms with Crippen molar-refractivity contribution in [2.24, 2.45) is 0 Å². The Morgan fingerprint density at radius 2 is 2.06 bits per heavy atom. The molecule has 0 atom stereocenters. The van der Waals surface area contributed by atoms with E-state index in [1.54, 1.807) is 24.3 Å². The Bertz CT molecular complexity index is 620. The molecule has 2 N–H and O–H groups in total. The van der Waals surface area contributed by atoms with Crippen molar-refractivity contribution in [3.05, 3.63) is 53.3 Å². The molecule has 2 rings (SSSR count). The molecule has 0 bridgehead atoms. The summed E-state index contributed by atoms with van der Waals surface area (Å²) >= 11 is 0. The molecule has 0 spiro atoms. The van der Waals surface area contributed by atoms with Gasteiger partial charge in [0.2, 0.25) is 0 Å². The number of aldehydes is 1. The molecular formula is C13H9N3O2. The summed E-state index contributed by atoms with van der Waals surface area (Å²) in [5.74, 6) is -0.340. The van der Waals surface area contributed by atoms with Gasteiger partial charge >= 0.3 is 0 Å². The molecule has 0 saturated carbocycles. The number of aromatic nitrogens is 1. The van der Waals surface area contributed by atoms with Crippen molar-refractivity contribution < 1.29 is 9.59 Å². The van der Waals surface area contributed by atoms with Crippen LogP contribution in [0.3, 0.4) is 0 Å². The molecule has 18 heavy (non-hydrogen) atoms. The summed E-state index contributed by atoms with van der Waals surface area (Å²) in [4.78, 5) is 25.0. The second kappa shape index (κ2) is 4.97.